The summed E-state index contributed by atoms with van der Waals surface area (Å²) in [6.07, 6.45) is 8.15. The highest BCUT2D eigenvalue weighted by Crippen LogP contribution is 2.32. The molecule has 6 nitrogen and oxygen atoms in total. The highest BCUT2D eigenvalue weighted by atomic mass is 35.5. The molecular formula is C29H30ClN5OS. The zero-order valence-corrected chi connectivity index (χ0v) is 22.6. The summed E-state index contributed by atoms with van der Waals surface area (Å²) in [6.45, 7) is 4.29. The highest BCUT2D eigenvalue weighted by Gasteiger charge is 2.19. The number of aromatic nitrogens is 2. The van der Waals surface area contributed by atoms with Gasteiger partial charge in [-0.2, -0.15) is 5.10 Å². The number of hydrogen-bond acceptors (Lipinski definition) is 5. The van der Waals surface area contributed by atoms with Gasteiger partial charge in [-0.1, -0.05) is 43.0 Å². The minimum absolute atomic E-state index is 0.243. The van der Waals surface area contributed by atoms with Crippen LogP contribution in [0.25, 0.3) is 11.3 Å². The van der Waals surface area contributed by atoms with Crippen LogP contribution < -0.4 is 10.7 Å². The molecule has 0 aliphatic heterocycles. The van der Waals surface area contributed by atoms with Crippen LogP contribution in [0.3, 0.4) is 0 Å². The lowest BCUT2D eigenvalue weighted by molar-refractivity contribution is 0.0955. The van der Waals surface area contributed by atoms with E-state index in [-0.39, 0.29) is 5.91 Å². The van der Waals surface area contributed by atoms with Crippen LogP contribution in [0, 0.1) is 13.8 Å². The standard InChI is InChI=1S/C29H30ClN5OS/c1-19-16-23(20(2)35(19)26-6-4-3-5-7-26)17-31-34-28(36)22-10-8-21(9-11-22)27-18-37-29(33-27)32-25-14-12-24(30)13-15-25/h8-18,26H,3-7H2,1-2H3,(H,32,33)(H,34,36)/b31-17-. The van der Waals surface area contributed by atoms with Crippen LogP contribution in [0.1, 0.15) is 65.5 Å². The number of anilines is 2. The Bertz CT molecular complexity index is 1400. The van der Waals surface area contributed by atoms with Crippen LogP contribution in [-0.2, 0) is 0 Å². The Morgan fingerprint density at radius 3 is 2.54 bits per heavy atom. The molecule has 0 saturated heterocycles. The number of benzene rings is 2. The lowest BCUT2D eigenvalue weighted by atomic mass is 9.95. The first-order valence-corrected chi connectivity index (χ1v) is 13.8. The van der Waals surface area contributed by atoms with Crippen molar-refractivity contribution in [3.8, 4) is 11.3 Å². The molecule has 2 N–H and O–H groups in total. The fourth-order valence-corrected chi connectivity index (χ4v) is 5.84. The summed E-state index contributed by atoms with van der Waals surface area (Å²) in [7, 11) is 0. The fourth-order valence-electron chi connectivity index (χ4n) is 4.97. The number of nitrogens with zero attached hydrogens (tertiary/aromatic N) is 3. The van der Waals surface area contributed by atoms with Gasteiger partial charge in [0.25, 0.3) is 5.91 Å². The third kappa shape index (κ3) is 5.95. The van der Waals surface area contributed by atoms with Crippen LogP contribution in [0.15, 0.2) is 65.1 Å². The molecule has 8 heteroatoms. The second-order valence-electron chi connectivity index (χ2n) is 9.43. The molecule has 2 heterocycles. The van der Waals surface area contributed by atoms with E-state index in [4.69, 9.17) is 11.6 Å². The molecule has 0 unspecified atom stereocenters. The van der Waals surface area contributed by atoms with Gasteiger partial charge in [0, 0.05) is 50.2 Å². The Morgan fingerprint density at radius 1 is 1.08 bits per heavy atom. The largest absolute Gasteiger partial charge is 0.345 e. The number of thiazole rings is 1. The van der Waals surface area contributed by atoms with Crippen molar-refractivity contribution in [2.45, 2.75) is 52.0 Å². The van der Waals surface area contributed by atoms with Gasteiger partial charge in [0.15, 0.2) is 5.13 Å². The molecule has 0 radical (unpaired) electrons. The van der Waals surface area contributed by atoms with E-state index in [0.717, 1.165) is 27.6 Å². The van der Waals surface area contributed by atoms with Crippen molar-refractivity contribution in [1.29, 1.82) is 0 Å². The van der Waals surface area contributed by atoms with E-state index in [9.17, 15) is 4.79 Å². The minimum atomic E-state index is -0.243. The molecule has 2 aromatic heterocycles. The van der Waals surface area contributed by atoms with Crippen LogP contribution in [0.4, 0.5) is 10.8 Å². The van der Waals surface area contributed by atoms with Crippen LogP contribution >= 0.6 is 22.9 Å². The molecule has 4 aromatic rings. The Balaban J connectivity index is 1.20. The van der Waals surface area contributed by atoms with Gasteiger partial charge >= 0.3 is 0 Å². The summed E-state index contributed by atoms with van der Waals surface area (Å²) in [5.74, 6) is -0.243. The number of hydrazone groups is 1. The first-order valence-electron chi connectivity index (χ1n) is 12.6. The van der Waals surface area contributed by atoms with E-state index >= 15 is 0 Å². The van der Waals surface area contributed by atoms with Crippen molar-refractivity contribution in [2.75, 3.05) is 5.32 Å². The van der Waals surface area contributed by atoms with E-state index in [1.54, 1.807) is 18.3 Å². The first-order chi connectivity index (χ1) is 18.0. The number of halogens is 1. The fraction of sp³-hybridized carbons (Fsp3) is 0.276. The maximum atomic E-state index is 12.7. The molecule has 37 heavy (non-hydrogen) atoms. The van der Waals surface area contributed by atoms with Crippen molar-refractivity contribution in [3.05, 3.63) is 87.5 Å². The molecule has 1 aliphatic carbocycles. The summed E-state index contributed by atoms with van der Waals surface area (Å²) in [6, 6.07) is 17.6. The van der Waals surface area contributed by atoms with E-state index in [1.165, 1.54) is 54.8 Å². The average molecular weight is 532 g/mol. The summed E-state index contributed by atoms with van der Waals surface area (Å²) < 4.78 is 2.44. The molecule has 1 saturated carbocycles. The molecule has 0 atom stereocenters. The zero-order chi connectivity index (χ0) is 25.8. The third-order valence-electron chi connectivity index (χ3n) is 6.88. The van der Waals surface area contributed by atoms with Crippen molar-refractivity contribution >= 4 is 45.9 Å². The molecule has 2 aromatic carbocycles. The Labute approximate surface area is 226 Å². The molecular weight excluding hydrogens is 502 g/mol. The molecule has 190 valence electrons. The molecule has 1 amide bonds. The van der Waals surface area contributed by atoms with Gasteiger partial charge in [-0.3, -0.25) is 4.79 Å². The van der Waals surface area contributed by atoms with Crippen molar-refractivity contribution in [3.63, 3.8) is 0 Å². The monoisotopic (exact) mass is 531 g/mol. The number of rotatable bonds is 7. The van der Waals surface area contributed by atoms with Crippen molar-refractivity contribution in [1.82, 2.24) is 15.0 Å². The second kappa shape index (κ2) is 11.3. The van der Waals surface area contributed by atoms with Gasteiger partial charge in [-0.15, -0.1) is 11.3 Å². The topological polar surface area (TPSA) is 71.3 Å². The number of amides is 1. The Hall–Kier alpha value is -3.42. The smallest absolute Gasteiger partial charge is 0.271 e. The highest BCUT2D eigenvalue weighted by molar-refractivity contribution is 7.14. The summed E-state index contributed by atoms with van der Waals surface area (Å²) in [5, 5.41) is 11.0. The molecule has 1 aliphatic rings. The SMILES string of the molecule is Cc1cc(/C=N\NC(=O)c2ccc(-c3csc(Nc4ccc(Cl)cc4)n3)cc2)c(C)n1C1CCCCC1. The predicted octanol–water partition coefficient (Wildman–Crippen LogP) is 7.89. The Kier molecular flexibility index (Phi) is 7.72. The van der Waals surface area contributed by atoms with Crippen LogP contribution in [0.5, 0.6) is 0 Å². The van der Waals surface area contributed by atoms with Crippen molar-refractivity contribution in [2.24, 2.45) is 5.10 Å². The van der Waals surface area contributed by atoms with Crippen molar-refractivity contribution < 1.29 is 4.79 Å². The summed E-state index contributed by atoms with van der Waals surface area (Å²) in [4.78, 5) is 17.3. The minimum Gasteiger partial charge on any atom is -0.345 e. The molecule has 1 fully saturated rings. The van der Waals surface area contributed by atoms with E-state index in [1.807, 2.05) is 41.8 Å². The summed E-state index contributed by atoms with van der Waals surface area (Å²) in [5.41, 5.74) is 9.43. The molecule has 0 spiro atoms. The van der Waals surface area contributed by atoms with Gasteiger partial charge in [0.1, 0.15) is 0 Å². The van der Waals surface area contributed by atoms with Gasteiger partial charge in [0.05, 0.1) is 11.9 Å². The second-order valence-corrected chi connectivity index (χ2v) is 10.7. The van der Waals surface area contributed by atoms with Gasteiger partial charge < -0.3 is 9.88 Å². The van der Waals surface area contributed by atoms with E-state index in [0.29, 0.717) is 16.6 Å². The van der Waals surface area contributed by atoms with Gasteiger partial charge in [-0.25, -0.2) is 10.4 Å². The normalized spacial score (nSPS) is 14.2. The maximum Gasteiger partial charge on any atom is 0.271 e. The number of nitrogens with one attached hydrogen (secondary N) is 2. The molecule has 5 rings (SSSR count). The van der Waals surface area contributed by atoms with Crippen LogP contribution in [-0.4, -0.2) is 21.7 Å². The van der Waals surface area contributed by atoms with Gasteiger partial charge in [-0.05, 0) is 69.2 Å². The third-order valence-corrected chi connectivity index (χ3v) is 7.89. The number of carbonyl (C=O) groups is 1. The number of hydrogen-bond donors (Lipinski definition) is 2. The first kappa shape index (κ1) is 25.2. The van der Waals surface area contributed by atoms with E-state index in [2.05, 4.69) is 45.3 Å². The zero-order valence-electron chi connectivity index (χ0n) is 21.0. The average Bonchev–Trinajstić information content (AvgIpc) is 3.49. The quantitative estimate of drug-likeness (QED) is 0.188. The van der Waals surface area contributed by atoms with E-state index < -0.39 is 0 Å². The Morgan fingerprint density at radius 2 is 1.81 bits per heavy atom. The predicted molar refractivity (Wildman–Crippen MR) is 153 cm³/mol. The number of aryl methyl sites for hydroxylation is 1. The number of carbonyl (C=O) groups excluding carboxylic acids is 1. The maximum absolute atomic E-state index is 12.7. The lowest BCUT2D eigenvalue weighted by Gasteiger charge is -2.26. The van der Waals surface area contributed by atoms with Crippen LogP contribution in [0.2, 0.25) is 5.02 Å². The molecule has 0 bridgehead atoms. The van der Waals surface area contributed by atoms with Gasteiger partial charge in [0.2, 0.25) is 0 Å². The lowest BCUT2D eigenvalue weighted by Crippen LogP contribution is -2.17. The summed E-state index contributed by atoms with van der Waals surface area (Å²) >= 11 is 7.47.